The van der Waals surface area contributed by atoms with Crippen LogP contribution in [0.4, 0.5) is 0 Å². The van der Waals surface area contributed by atoms with Crippen LogP contribution in [0, 0.1) is 0 Å². The maximum absolute atomic E-state index is 6.52. The molecule has 1 aliphatic rings. The molecule has 4 nitrogen and oxygen atoms in total. The quantitative estimate of drug-likeness (QED) is 0.652. The molecule has 2 aromatic rings. The fourth-order valence-electron chi connectivity index (χ4n) is 3.59. The zero-order valence-corrected chi connectivity index (χ0v) is 16.6. The predicted molar refractivity (Wildman–Crippen MR) is 109 cm³/mol. The van der Waals surface area contributed by atoms with Crippen molar-refractivity contribution in [3.8, 4) is 5.75 Å². The topological polar surface area (TPSA) is 39.7 Å². The van der Waals surface area contributed by atoms with Gasteiger partial charge in [-0.3, -0.25) is 0 Å². The molecule has 1 aliphatic heterocycles. The van der Waals surface area contributed by atoms with E-state index in [2.05, 4.69) is 29.6 Å². The highest BCUT2D eigenvalue weighted by atomic mass is 35.5. The molecule has 1 saturated heterocycles. The fourth-order valence-corrected chi connectivity index (χ4v) is 3.92. The first-order valence-electron chi connectivity index (χ1n) is 9.48. The standard InChI is InChI=1S/C22H28ClNO3/c1-25-14-15-27-19-8-6-18(7-9-19)16-24-17-22(10-12-26-13-11-22)20-4-2-3-5-21(20)23/h2-9,24H,10-17H2,1H3. The second-order valence-electron chi connectivity index (χ2n) is 6.96. The highest BCUT2D eigenvalue weighted by Gasteiger charge is 2.35. The van der Waals surface area contributed by atoms with Gasteiger partial charge in [-0.05, 0) is 42.2 Å². The molecule has 0 unspecified atom stereocenters. The minimum Gasteiger partial charge on any atom is -0.491 e. The molecule has 0 saturated carbocycles. The number of benzene rings is 2. The van der Waals surface area contributed by atoms with Crippen LogP contribution in [-0.4, -0.2) is 40.1 Å². The first-order chi connectivity index (χ1) is 13.2. The maximum Gasteiger partial charge on any atom is 0.119 e. The SMILES string of the molecule is COCCOc1ccc(CNCC2(c3ccccc3Cl)CCOCC2)cc1. The van der Waals surface area contributed by atoms with Crippen LogP contribution in [0.15, 0.2) is 48.5 Å². The number of hydrogen-bond donors (Lipinski definition) is 1. The van der Waals surface area contributed by atoms with Gasteiger partial charge in [0.25, 0.3) is 0 Å². The highest BCUT2D eigenvalue weighted by molar-refractivity contribution is 6.31. The summed E-state index contributed by atoms with van der Waals surface area (Å²) < 4.78 is 16.2. The Labute approximate surface area is 166 Å². The molecule has 5 heteroatoms. The Balaban J connectivity index is 1.59. The number of hydrogen-bond acceptors (Lipinski definition) is 4. The molecule has 0 aliphatic carbocycles. The van der Waals surface area contributed by atoms with Crippen molar-refractivity contribution < 1.29 is 14.2 Å². The lowest BCUT2D eigenvalue weighted by molar-refractivity contribution is 0.0498. The number of halogens is 1. The molecule has 0 atom stereocenters. The van der Waals surface area contributed by atoms with E-state index in [4.69, 9.17) is 25.8 Å². The number of ether oxygens (including phenoxy) is 3. The van der Waals surface area contributed by atoms with Crippen molar-refractivity contribution >= 4 is 11.6 Å². The lowest BCUT2D eigenvalue weighted by Crippen LogP contribution is -2.42. The van der Waals surface area contributed by atoms with Crippen LogP contribution in [0.25, 0.3) is 0 Å². The van der Waals surface area contributed by atoms with Gasteiger partial charge in [-0.1, -0.05) is 41.9 Å². The summed E-state index contributed by atoms with van der Waals surface area (Å²) in [5.74, 6) is 0.868. The molecule has 0 amide bonds. The van der Waals surface area contributed by atoms with Gasteiger partial charge in [-0.2, -0.15) is 0 Å². The Morgan fingerprint density at radius 1 is 1.04 bits per heavy atom. The molecule has 2 aromatic carbocycles. The van der Waals surface area contributed by atoms with Crippen molar-refractivity contribution in [1.29, 1.82) is 0 Å². The molecule has 27 heavy (non-hydrogen) atoms. The zero-order chi connectivity index (χ0) is 19.0. The van der Waals surface area contributed by atoms with Crippen molar-refractivity contribution in [2.75, 3.05) is 40.1 Å². The van der Waals surface area contributed by atoms with Crippen molar-refractivity contribution in [2.24, 2.45) is 0 Å². The van der Waals surface area contributed by atoms with Crippen LogP contribution < -0.4 is 10.1 Å². The average molecular weight is 390 g/mol. The van der Waals surface area contributed by atoms with E-state index in [9.17, 15) is 0 Å². The Morgan fingerprint density at radius 3 is 2.48 bits per heavy atom. The largest absolute Gasteiger partial charge is 0.491 e. The van der Waals surface area contributed by atoms with Gasteiger partial charge < -0.3 is 19.5 Å². The van der Waals surface area contributed by atoms with Crippen molar-refractivity contribution in [3.63, 3.8) is 0 Å². The lowest BCUT2D eigenvalue weighted by Gasteiger charge is -2.38. The molecule has 1 heterocycles. The van der Waals surface area contributed by atoms with Crippen molar-refractivity contribution in [2.45, 2.75) is 24.8 Å². The summed E-state index contributed by atoms with van der Waals surface area (Å²) in [5, 5.41) is 4.48. The Bertz CT molecular complexity index is 699. The maximum atomic E-state index is 6.52. The van der Waals surface area contributed by atoms with E-state index >= 15 is 0 Å². The van der Waals surface area contributed by atoms with Gasteiger partial charge in [0.05, 0.1) is 6.61 Å². The van der Waals surface area contributed by atoms with Gasteiger partial charge in [0.15, 0.2) is 0 Å². The summed E-state index contributed by atoms with van der Waals surface area (Å²) in [6, 6.07) is 16.4. The molecule has 1 N–H and O–H groups in total. The minimum atomic E-state index is 0.0276. The van der Waals surface area contributed by atoms with Crippen LogP contribution >= 0.6 is 11.6 Å². The van der Waals surface area contributed by atoms with E-state index in [1.807, 2.05) is 24.3 Å². The third-order valence-electron chi connectivity index (χ3n) is 5.17. The molecular weight excluding hydrogens is 362 g/mol. The molecule has 0 bridgehead atoms. The van der Waals surface area contributed by atoms with Gasteiger partial charge in [0, 0.05) is 43.9 Å². The third-order valence-corrected chi connectivity index (χ3v) is 5.50. The summed E-state index contributed by atoms with van der Waals surface area (Å²) in [5.41, 5.74) is 2.49. The molecule has 146 valence electrons. The van der Waals surface area contributed by atoms with Crippen LogP contribution in [0.3, 0.4) is 0 Å². The Morgan fingerprint density at radius 2 is 1.78 bits per heavy atom. The Kier molecular flexibility index (Phi) is 7.53. The summed E-state index contributed by atoms with van der Waals surface area (Å²) in [7, 11) is 1.67. The normalized spacial score (nSPS) is 16.2. The summed E-state index contributed by atoms with van der Waals surface area (Å²) >= 11 is 6.52. The van der Waals surface area contributed by atoms with Gasteiger partial charge in [0.2, 0.25) is 0 Å². The van der Waals surface area contributed by atoms with E-state index in [0.29, 0.717) is 13.2 Å². The molecule has 0 spiro atoms. The Hall–Kier alpha value is -1.59. The highest BCUT2D eigenvalue weighted by Crippen LogP contribution is 2.38. The third kappa shape index (κ3) is 5.45. The van der Waals surface area contributed by atoms with Crippen LogP contribution in [0.2, 0.25) is 5.02 Å². The molecule has 0 radical (unpaired) electrons. The van der Waals surface area contributed by atoms with Crippen molar-refractivity contribution in [1.82, 2.24) is 5.32 Å². The minimum absolute atomic E-state index is 0.0276. The summed E-state index contributed by atoms with van der Waals surface area (Å²) in [6.07, 6.45) is 1.96. The molecular formula is C22H28ClNO3. The summed E-state index contributed by atoms with van der Waals surface area (Å²) in [4.78, 5) is 0. The second kappa shape index (κ2) is 10.1. The van der Waals surface area contributed by atoms with Crippen LogP contribution in [0.1, 0.15) is 24.0 Å². The van der Waals surface area contributed by atoms with Crippen molar-refractivity contribution in [3.05, 3.63) is 64.7 Å². The van der Waals surface area contributed by atoms with E-state index in [1.165, 1.54) is 11.1 Å². The smallest absolute Gasteiger partial charge is 0.119 e. The van der Waals surface area contributed by atoms with Gasteiger partial charge in [-0.15, -0.1) is 0 Å². The summed E-state index contributed by atoms with van der Waals surface area (Å²) in [6.45, 7) is 4.41. The van der Waals surface area contributed by atoms with E-state index in [1.54, 1.807) is 7.11 Å². The molecule has 3 rings (SSSR count). The first kappa shape index (κ1) is 20.2. The van der Waals surface area contributed by atoms with E-state index < -0.39 is 0 Å². The molecule has 0 aromatic heterocycles. The average Bonchev–Trinajstić information content (AvgIpc) is 2.70. The number of methoxy groups -OCH3 is 1. The van der Waals surface area contributed by atoms with Crippen LogP contribution in [0.5, 0.6) is 5.75 Å². The van der Waals surface area contributed by atoms with Crippen LogP contribution in [-0.2, 0) is 21.4 Å². The number of rotatable bonds is 9. The first-order valence-corrected chi connectivity index (χ1v) is 9.85. The van der Waals surface area contributed by atoms with Gasteiger partial charge >= 0.3 is 0 Å². The van der Waals surface area contributed by atoms with E-state index in [0.717, 1.165) is 49.9 Å². The number of nitrogens with one attached hydrogen (secondary N) is 1. The van der Waals surface area contributed by atoms with Gasteiger partial charge in [0.1, 0.15) is 12.4 Å². The lowest BCUT2D eigenvalue weighted by atomic mass is 9.74. The fraction of sp³-hybridized carbons (Fsp3) is 0.455. The van der Waals surface area contributed by atoms with E-state index in [-0.39, 0.29) is 5.41 Å². The predicted octanol–water partition coefficient (Wildman–Crippen LogP) is 4.20. The van der Waals surface area contributed by atoms with Gasteiger partial charge in [-0.25, -0.2) is 0 Å². The second-order valence-corrected chi connectivity index (χ2v) is 7.37. The zero-order valence-electron chi connectivity index (χ0n) is 15.9. The monoisotopic (exact) mass is 389 g/mol. The molecule has 1 fully saturated rings.